The van der Waals surface area contributed by atoms with Crippen LogP contribution in [0.25, 0.3) is 0 Å². The molecule has 0 unspecified atom stereocenters. The van der Waals surface area contributed by atoms with Crippen molar-refractivity contribution in [1.82, 2.24) is 9.47 Å². The average Bonchev–Trinajstić information content (AvgIpc) is 2.90. The summed E-state index contributed by atoms with van der Waals surface area (Å²) in [6, 6.07) is 3.85. The second kappa shape index (κ2) is 6.52. The molecule has 0 saturated carbocycles. The van der Waals surface area contributed by atoms with Crippen LogP contribution in [-0.4, -0.2) is 62.9 Å². The van der Waals surface area contributed by atoms with Crippen molar-refractivity contribution in [2.24, 2.45) is 11.4 Å². The van der Waals surface area contributed by atoms with Gasteiger partial charge in [0.15, 0.2) is 0 Å². The number of morpholine rings is 1. The Bertz CT molecular complexity index is 732. The molecule has 1 aromatic rings. The van der Waals surface area contributed by atoms with E-state index in [9.17, 15) is 9.00 Å². The normalized spacial score (nSPS) is 30.5. The number of rotatable bonds is 2. The minimum atomic E-state index is -2.07. The molecule has 3 rings (SSSR count). The predicted octanol–water partition coefficient (Wildman–Crippen LogP) is 1.83. The SMILES string of the molecule is CCN=S1(=O)CCC2(CC1)CN(C(=O)c1ccc(C)n1C)CCO2. The zero-order valence-electron chi connectivity index (χ0n) is 14.8. The highest BCUT2D eigenvalue weighted by molar-refractivity contribution is 7.93. The summed E-state index contributed by atoms with van der Waals surface area (Å²) in [5, 5.41) is 0. The summed E-state index contributed by atoms with van der Waals surface area (Å²) in [5.41, 5.74) is 1.43. The zero-order valence-corrected chi connectivity index (χ0v) is 15.6. The van der Waals surface area contributed by atoms with E-state index in [1.807, 2.05) is 42.5 Å². The van der Waals surface area contributed by atoms with Gasteiger partial charge in [-0.25, -0.2) is 8.57 Å². The summed E-state index contributed by atoms with van der Waals surface area (Å²) >= 11 is 0. The Hall–Kier alpha value is -1.34. The number of carbonyl (C=O) groups is 1. The van der Waals surface area contributed by atoms with Crippen LogP contribution in [0.2, 0.25) is 0 Å². The van der Waals surface area contributed by atoms with Crippen LogP contribution in [0.3, 0.4) is 0 Å². The molecular formula is C17H27N3O3S. The number of hydrogen-bond acceptors (Lipinski definition) is 4. The van der Waals surface area contributed by atoms with E-state index >= 15 is 0 Å². The number of amides is 1. The van der Waals surface area contributed by atoms with E-state index in [-0.39, 0.29) is 11.5 Å². The van der Waals surface area contributed by atoms with Crippen LogP contribution in [0.1, 0.15) is 35.9 Å². The fourth-order valence-corrected chi connectivity index (χ4v) is 5.91. The van der Waals surface area contributed by atoms with Gasteiger partial charge in [-0.05, 0) is 38.8 Å². The molecule has 1 aromatic heterocycles. The summed E-state index contributed by atoms with van der Waals surface area (Å²) in [7, 11) is -0.154. The summed E-state index contributed by atoms with van der Waals surface area (Å²) < 4.78 is 24.9. The number of carbonyl (C=O) groups excluding carboxylic acids is 1. The molecule has 2 saturated heterocycles. The first kappa shape index (κ1) is 17.5. The van der Waals surface area contributed by atoms with E-state index in [1.54, 1.807) is 0 Å². The van der Waals surface area contributed by atoms with Gasteiger partial charge in [0.2, 0.25) is 0 Å². The molecule has 6 nitrogen and oxygen atoms in total. The van der Waals surface area contributed by atoms with Gasteiger partial charge in [0, 0.05) is 47.1 Å². The smallest absolute Gasteiger partial charge is 0.270 e. The molecule has 7 heteroatoms. The van der Waals surface area contributed by atoms with Crippen molar-refractivity contribution in [2.45, 2.75) is 32.3 Å². The van der Waals surface area contributed by atoms with E-state index in [1.165, 1.54) is 0 Å². The van der Waals surface area contributed by atoms with Crippen molar-refractivity contribution < 1.29 is 13.7 Å². The Morgan fingerprint density at radius 3 is 2.67 bits per heavy atom. The van der Waals surface area contributed by atoms with Crippen LogP contribution in [0.15, 0.2) is 16.5 Å². The van der Waals surface area contributed by atoms with Crippen molar-refractivity contribution in [1.29, 1.82) is 0 Å². The van der Waals surface area contributed by atoms with Gasteiger partial charge in [0.1, 0.15) is 5.69 Å². The minimum Gasteiger partial charge on any atom is -0.371 e. The molecule has 0 bridgehead atoms. The minimum absolute atomic E-state index is 0.0535. The van der Waals surface area contributed by atoms with Crippen molar-refractivity contribution >= 4 is 15.6 Å². The molecule has 0 radical (unpaired) electrons. The maximum atomic E-state index is 12.9. The van der Waals surface area contributed by atoms with Gasteiger partial charge in [-0.15, -0.1) is 0 Å². The van der Waals surface area contributed by atoms with Gasteiger partial charge in [0.25, 0.3) is 5.91 Å². The lowest BCUT2D eigenvalue weighted by Gasteiger charge is -2.45. The van der Waals surface area contributed by atoms with E-state index in [0.29, 0.717) is 56.3 Å². The Balaban J connectivity index is 1.73. The number of aryl methyl sites for hydroxylation is 1. The Kier molecular flexibility index (Phi) is 4.75. The lowest BCUT2D eigenvalue weighted by atomic mass is 9.94. The molecule has 3 heterocycles. The predicted molar refractivity (Wildman–Crippen MR) is 94.8 cm³/mol. The molecule has 0 aromatic carbocycles. The molecule has 1 amide bonds. The van der Waals surface area contributed by atoms with Crippen LogP contribution in [0.4, 0.5) is 0 Å². The molecule has 24 heavy (non-hydrogen) atoms. The van der Waals surface area contributed by atoms with E-state index < -0.39 is 9.73 Å². The molecule has 0 atom stereocenters. The Morgan fingerprint density at radius 2 is 2.08 bits per heavy atom. The summed E-state index contributed by atoms with van der Waals surface area (Å²) in [6.07, 6.45) is 1.43. The average molecular weight is 353 g/mol. The number of ether oxygens (including phenoxy) is 1. The number of aromatic nitrogens is 1. The molecule has 1 spiro atoms. The molecular weight excluding hydrogens is 326 g/mol. The van der Waals surface area contributed by atoms with Crippen molar-refractivity contribution in [3.63, 3.8) is 0 Å². The van der Waals surface area contributed by atoms with E-state index in [2.05, 4.69) is 4.36 Å². The van der Waals surface area contributed by atoms with E-state index in [0.717, 1.165) is 5.69 Å². The fraction of sp³-hybridized carbons (Fsp3) is 0.706. The van der Waals surface area contributed by atoms with Crippen molar-refractivity contribution in [3.05, 3.63) is 23.5 Å². The number of hydrogen-bond donors (Lipinski definition) is 0. The highest BCUT2D eigenvalue weighted by atomic mass is 32.2. The first-order chi connectivity index (χ1) is 11.4. The standard InChI is InChI=1S/C17H27N3O3S/c1-4-18-24(22)11-7-17(8-12-24)13-20(9-10-23-17)16(21)15-6-5-14(2)19(15)3/h5-6H,4,7-13H2,1-3H3. The molecule has 2 aliphatic heterocycles. The third kappa shape index (κ3) is 3.24. The molecule has 0 aliphatic carbocycles. The zero-order chi connectivity index (χ0) is 17.4. The van der Waals surface area contributed by atoms with Gasteiger partial charge in [-0.3, -0.25) is 4.79 Å². The second-order valence-corrected chi connectivity index (χ2v) is 9.42. The summed E-state index contributed by atoms with van der Waals surface area (Å²) in [6.45, 7) is 6.26. The van der Waals surface area contributed by atoms with Gasteiger partial charge < -0.3 is 14.2 Å². The molecule has 2 fully saturated rings. The first-order valence-corrected chi connectivity index (χ1v) is 10.5. The van der Waals surface area contributed by atoms with E-state index in [4.69, 9.17) is 4.74 Å². The summed E-state index contributed by atoms with van der Waals surface area (Å²) in [5.74, 6) is 1.20. The van der Waals surface area contributed by atoms with Crippen LogP contribution in [0.5, 0.6) is 0 Å². The largest absolute Gasteiger partial charge is 0.371 e. The fourth-order valence-electron chi connectivity index (χ4n) is 3.59. The molecule has 0 N–H and O–H groups in total. The summed E-state index contributed by atoms with van der Waals surface area (Å²) in [4.78, 5) is 14.8. The maximum absolute atomic E-state index is 12.9. The second-order valence-electron chi connectivity index (χ2n) is 6.80. The maximum Gasteiger partial charge on any atom is 0.270 e. The van der Waals surface area contributed by atoms with Gasteiger partial charge in [-0.2, -0.15) is 0 Å². The van der Waals surface area contributed by atoms with Gasteiger partial charge >= 0.3 is 0 Å². The van der Waals surface area contributed by atoms with Crippen molar-refractivity contribution in [3.8, 4) is 0 Å². The monoisotopic (exact) mass is 353 g/mol. The first-order valence-electron chi connectivity index (χ1n) is 8.62. The number of nitrogens with zero attached hydrogens (tertiary/aromatic N) is 3. The molecule has 2 aliphatic rings. The lowest BCUT2D eigenvalue weighted by Crippen LogP contribution is -2.56. The highest BCUT2D eigenvalue weighted by Crippen LogP contribution is 2.32. The highest BCUT2D eigenvalue weighted by Gasteiger charge is 2.42. The van der Waals surface area contributed by atoms with Crippen LogP contribution >= 0.6 is 0 Å². The van der Waals surface area contributed by atoms with Crippen molar-refractivity contribution in [2.75, 3.05) is 37.7 Å². The topological polar surface area (TPSA) is 63.9 Å². The third-order valence-corrected chi connectivity index (χ3v) is 7.66. The molecule has 134 valence electrons. The van der Waals surface area contributed by atoms with Crippen LogP contribution in [0, 0.1) is 6.92 Å². The third-order valence-electron chi connectivity index (χ3n) is 5.25. The Labute approximate surface area is 144 Å². The lowest BCUT2D eigenvalue weighted by molar-refractivity contribution is -0.104. The van der Waals surface area contributed by atoms with Gasteiger partial charge in [0.05, 0.1) is 18.8 Å². The van der Waals surface area contributed by atoms with Crippen LogP contribution < -0.4 is 0 Å². The van der Waals surface area contributed by atoms with Gasteiger partial charge in [-0.1, -0.05) is 0 Å². The van der Waals surface area contributed by atoms with Crippen LogP contribution in [-0.2, 0) is 21.5 Å². The Morgan fingerprint density at radius 1 is 1.38 bits per heavy atom. The quantitative estimate of drug-likeness (QED) is 0.815.